The second kappa shape index (κ2) is 5.99. The average molecular weight is 255 g/mol. The molecule has 1 unspecified atom stereocenters. The van der Waals surface area contributed by atoms with Gasteiger partial charge < -0.3 is 14.9 Å². The van der Waals surface area contributed by atoms with Gasteiger partial charge in [-0.25, -0.2) is 0 Å². The zero-order valence-corrected chi connectivity index (χ0v) is 11.5. The summed E-state index contributed by atoms with van der Waals surface area (Å²) in [5.74, 6) is 0.00159. The zero-order chi connectivity index (χ0) is 13.1. The van der Waals surface area contributed by atoms with Crippen molar-refractivity contribution in [2.24, 2.45) is 5.92 Å². The van der Waals surface area contributed by atoms with Gasteiger partial charge in [0, 0.05) is 25.7 Å². The van der Waals surface area contributed by atoms with E-state index in [2.05, 4.69) is 14.7 Å². The molecule has 3 fully saturated rings. The maximum atomic E-state index is 11.0. The lowest BCUT2D eigenvalue weighted by molar-refractivity contribution is -0.140. The van der Waals surface area contributed by atoms with Crippen molar-refractivity contribution in [2.45, 2.75) is 18.9 Å². The molecule has 0 aliphatic carbocycles. The summed E-state index contributed by atoms with van der Waals surface area (Å²) in [4.78, 5) is 17.8. The monoisotopic (exact) mass is 255 g/mol. The van der Waals surface area contributed by atoms with E-state index in [1.54, 1.807) is 0 Å². The molecular formula is C13H25N3O2. The number of hydrogen-bond donors (Lipinski definition) is 1. The highest BCUT2D eigenvalue weighted by atomic mass is 16.4. The quantitative estimate of drug-likeness (QED) is 0.725. The number of nitrogens with zero attached hydrogens (tertiary/aromatic N) is 3. The van der Waals surface area contributed by atoms with E-state index in [0.29, 0.717) is 12.0 Å². The Balaban J connectivity index is 1.96. The maximum absolute atomic E-state index is 11.0. The Morgan fingerprint density at radius 1 is 1.28 bits per heavy atom. The van der Waals surface area contributed by atoms with Gasteiger partial charge in [0.25, 0.3) is 0 Å². The third-order valence-electron chi connectivity index (χ3n) is 4.26. The van der Waals surface area contributed by atoms with Gasteiger partial charge in [-0.3, -0.25) is 9.69 Å². The highest BCUT2D eigenvalue weighted by Gasteiger charge is 2.37. The lowest BCUT2D eigenvalue weighted by Gasteiger charge is -2.49. The number of carboxylic acid groups (broad SMARTS) is 1. The van der Waals surface area contributed by atoms with Gasteiger partial charge in [0.2, 0.25) is 0 Å². The van der Waals surface area contributed by atoms with Crippen molar-refractivity contribution in [3.63, 3.8) is 0 Å². The van der Waals surface area contributed by atoms with Crippen molar-refractivity contribution < 1.29 is 9.90 Å². The minimum Gasteiger partial charge on any atom is -0.480 e. The number of fused-ring (bicyclic) bond motifs is 3. The average Bonchev–Trinajstić information content (AvgIpc) is 2.35. The summed E-state index contributed by atoms with van der Waals surface area (Å²) in [5.41, 5.74) is 0. The van der Waals surface area contributed by atoms with Crippen molar-refractivity contribution >= 4 is 5.97 Å². The van der Waals surface area contributed by atoms with E-state index in [0.717, 1.165) is 19.6 Å². The molecule has 3 aliphatic rings. The first-order valence-corrected chi connectivity index (χ1v) is 6.89. The molecule has 5 heteroatoms. The molecule has 0 aromatic heterocycles. The predicted octanol–water partition coefficient (Wildman–Crippen LogP) is 0.0288. The molecular weight excluding hydrogens is 230 g/mol. The minimum atomic E-state index is -0.704. The van der Waals surface area contributed by atoms with E-state index < -0.39 is 5.97 Å². The number of hydrogen-bond acceptors (Lipinski definition) is 4. The molecule has 0 saturated carbocycles. The van der Waals surface area contributed by atoms with E-state index >= 15 is 0 Å². The van der Waals surface area contributed by atoms with Crippen LogP contribution in [0.1, 0.15) is 12.8 Å². The van der Waals surface area contributed by atoms with Gasteiger partial charge in [0.15, 0.2) is 0 Å². The molecule has 3 rings (SSSR count). The van der Waals surface area contributed by atoms with Crippen LogP contribution in [0.15, 0.2) is 0 Å². The van der Waals surface area contributed by atoms with Crippen LogP contribution in [0.25, 0.3) is 0 Å². The smallest absolute Gasteiger partial charge is 0.317 e. The zero-order valence-electron chi connectivity index (χ0n) is 11.5. The molecule has 104 valence electrons. The van der Waals surface area contributed by atoms with Crippen LogP contribution in [-0.2, 0) is 4.79 Å². The van der Waals surface area contributed by atoms with Gasteiger partial charge in [0.05, 0.1) is 6.54 Å². The lowest BCUT2D eigenvalue weighted by Crippen LogP contribution is -2.59. The fourth-order valence-corrected chi connectivity index (χ4v) is 3.21. The second-order valence-corrected chi connectivity index (χ2v) is 5.87. The van der Waals surface area contributed by atoms with Crippen LogP contribution in [0.4, 0.5) is 0 Å². The molecule has 3 heterocycles. The molecule has 2 bridgehead atoms. The van der Waals surface area contributed by atoms with Crippen LogP contribution < -0.4 is 0 Å². The number of likely N-dealkylation sites (N-methyl/N-ethyl adjacent to an activating group) is 1. The molecule has 3 aliphatic heterocycles. The minimum absolute atomic E-state index is 0.183. The number of aliphatic carboxylic acids is 1. The van der Waals surface area contributed by atoms with Crippen LogP contribution in [0, 0.1) is 5.92 Å². The van der Waals surface area contributed by atoms with Gasteiger partial charge in [-0.2, -0.15) is 0 Å². The van der Waals surface area contributed by atoms with Gasteiger partial charge in [-0.1, -0.05) is 0 Å². The summed E-state index contributed by atoms with van der Waals surface area (Å²) >= 11 is 0. The van der Waals surface area contributed by atoms with E-state index in [1.807, 2.05) is 14.1 Å². The van der Waals surface area contributed by atoms with Crippen molar-refractivity contribution in [2.75, 3.05) is 53.4 Å². The Labute approximate surface area is 109 Å². The number of carboxylic acids is 1. The summed E-state index contributed by atoms with van der Waals surface area (Å²) in [7, 11) is 4.07. The lowest BCUT2D eigenvalue weighted by atomic mass is 9.83. The number of piperidine rings is 3. The molecule has 1 atom stereocenters. The topological polar surface area (TPSA) is 47.0 Å². The standard InChI is InChI=1S/C13H25N3O2/c1-14(2)7-8-16(10-13(17)18)12-9-15-5-3-11(12)4-6-15/h11-12H,3-10H2,1-2H3,(H,17,18). The molecule has 0 spiro atoms. The van der Waals surface area contributed by atoms with Gasteiger partial charge in [-0.05, 0) is 45.9 Å². The Kier molecular flexibility index (Phi) is 4.59. The van der Waals surface area contributed by atoms with Gasteiger partial charge in [-0.15, -0.1) is 0 Å². The van der Waals surface area contributed by atoms with Gasteiger partial charge in [0.1, 0.15) is 0 Å². The van der Waals surface area contributed by atoms with Crippen molar-refractivity contribution in [3.05, 3.63) is 0 Å². The summed E-state index contributed by atoms with van der Waals surface area (Å²) in [6.07, 6.45) is 2.48. The molecule has 3 saturated heterocycles. The maximum Gasteiger partial charge on any atom is 0.317 e. The first-order chi connectivity index (χ1) is 8.56. The van der Waals surface area contributed by atoms with E-state index in [9.17, 15) is 4.79 Å². The third-order valence-corrected chi connectivity index (χ3v) is 4.26. The fraction of sp³-hybridized carbons (Fsp3) is 0.923. The third kappa shape index (κ3) is 3.43. The largest absolute Gasteiger partial charge is 0.480 e. The SMILES string of the molecule is CN(C)CCN(CC(=O)O)C1CN2CCC1CC2. The Bertz CT molecular complexity index is 288. The van der Waals surface area contributed by atoms with Crippen molar-refractivity contribution in [1.82, 2.24) is 14.7 Å². The van der Waals surface area contributed by atoms with E-state index in [-0.39, 0.29) is 6.54 Å². The Morgan fingerprint density at radius 3 is 2.39 bits per heavy atom. The van der Waals surface area contributed by atoms with Gasteiger partial charge >= 0.3 is 5.97 Å². The highest BCUT2D eigenvalue weighted by Crippen LogP contribution is 2.30. The van der Waals surface area contributed by atoms with Crippen LogP contribution in [0.2, 0.25) is 0 Å². The predicted molar refractivity (Wildman–Crippen MR) is 70.7 cm³/mol. The fourth-order valence-electron chi connectivity index (χ4n) is 3.21. The molecule has 5 nitrogen and oxygen atoms in total. The molecule has 1 N–H and O–H groups in total. The van der Waals surface area contributed by atoms with Crippen LogP contribution in [0.3, 0.4) is 0 Å². The summed E-state index contributed by atoms with van der Waals surface area (Å²) in [6.45, 7) is 5.44. The van der Waals surface area contributed by atoms with Crippen LogP contribution in [-0.4, -0.2) is 85.2 Å². The Morgan fingerprint density at radius 2 is 1.94 bits per heavy atom. The number of carbonyl (C=O) groups is 1. The van der Waals surface area contributed by atoms with E-state index in [1.165, 1.54) is 25.9 Å². The van der Waals surface area contributed by atoms with Crippen LogP contribution in [0.5, 0.6) is 0 Å². The van der Waals surface area contributed by atoms with Crippen molar-refractivity contribution in [1.29, 1.82) is 0 Å². The first kappa shape index (κ1) is 13.8. The molecule has 18 heavy (non-hydrogen) atoms. The molecule has 0 aromatic carbocycles. The van der Waals surface area contributed by atoms with Crippen molar-refractivity contribution in [3.8, 4) is 0 Å². The second-order valence-electron chi connectivity index (χ2n) is 5.87. The summed E-state index contributed by atoms with van der Waals surface area (Å²) in [5, 5.41) is 9.08. The molecule has 0 radical (unpaired) electrons. The number of rotatable bonds is 6. The van der Waals surface area contributed by atoms with Crippen LogP contribution >= 0.6 is 0 Å². The summed E-state index contributed by atoms with van der Waals surface area (Å²) in [6, 6.07) is 0.448. The highest BCUT2D eigenvalue weighted by molar-refractivity contribution is 5.69. The van der Waals surface area contributed by atoms with E-state index in [4.69, 9.17) is 5.11 Å². The first-order valence-electron chi connectivity index (χ1n) is 6.89. The molecule has 0 amide bonds. The Hall–Kier alpha value is -0.650. The normalized spacial score (nSPS) is 31.2. The molecule has 0 aromatic rings. The summed E-state index contributed by atoms with van der Waals surface area (Å²) < 4.78 is 0.